The van der Waals surface area contributed by atoms with Crippen LogP contribution in [0.2, 0.25) is 0 Å². The molecule has 2 heterocycles. The Balaban J connectivity index is 1.61. The number of hydrogen-bond donors (Lipinski definition) is 3. The number of fused-ring (bicyclic) bond motifs is 1. The molecule has 2 aromatic heterocycles. The summed E-state index contributed by atoms with van der Waals surface area (Å²) in [5.74, 6) is -2.45. The van der Waals surface area contributed by atoms with Crippen molar-refractivity contribution in [3.63, 3.8) is 0 Å². The quantitative estimate of drug-likeness (QED) is 0.288. The molecule has 0 aliphatic heterocycles. The third-order valence-electron chi connectivity index (χ3n) is 7.15. The molecule has 12 heteroatoms. The van der Waals surface area contributed by atoms with Crippen LogP contribution >= 0.6 is 0 Å². The predicted molar refractivity (Wildman–Crippen MR) is 144 cm³/mol. The molecule has 5 rings (SSSR count). The maximum Gasteiger partial charge on any atom is 0.262 e. The molecule has 0 saturated heterocycles. The maximum atomic E-state index is 15.5. The molecular weight excluding hydrogens is 529 g/mol. The Morgan fingerprint density at radius 2 is 1.77 bits per heavy atom. The zero-order valence-electron chi connectivity index (χ0n) is 21.5. The number of nitrogen functional groups attached to an aromatic ring is 1. The fraction of sp³-hybridized carbons (Fsp3) is 0.333. The van der Waals surface area contributed by atoms with Crippen LogP contribution in [0.4, 0.5) is 24.7 Å². The van der Waals surface area contributed by atoms with Gasteiger partial charge in [-0.3, -0.25) is 9.40 Å². The van der Waals surface area contributed by atoms with Crippen molar-refractivity contribution in [3.8, 4) is 11.3 Å². The first-order chi connectivity index (χ1) is 18.5. The van der Waals surface area contributed by atoms with E-state index in [2.05, 4.69) is 10.1 Å². The van der Waals surface area contributed by atoms with Crippen LogP contribution in [-0.2, 0) is 10.0 Å². The van der Waals surface area contributed by atoms with Gasteiger partial charge in [-0.1, -0.05) is 6.07 Å². The highest BCUT2D eigenvalue weighted by Crippen LogP contribution is 2.42. The lowest BCUT2D eigenvalue weighted by atomic mass is 9.82. The zero-order valence-corrected chi connectivity index (χ0v) is 22.3. The van der Waals surface area contributed by atoms with Gasteiger partial charge >= 0.3 is 0 Å². The van der Waals surface area contributed by atoms with Gasteiger partial charge < -0.3 is 11.5 Å². The standard InChI is InChI=1S/C27H29F3N6O2S/c1-14(2)36-26-20(15-6-8-17(31)9-7-15)13-33-27(32)24(26)25(34-36)19-11-22(30)23(12-21(19)29)35-39(37,38)18-5-3-4-16(28)10-18/h3-5,10-15,17,35H,6-9,31H2,1-2H3,(H2,32,33)/t15-,17-. The molecule has 206 valence electrons. The van der Waals surface area contributed by atoms with Gasteiger partial charge in [0.25, 0.3) is 10.0 Å². The van der Waals surface area contributed by atoms with Gasteiger partial charge in [0.05, 0.1) is 21.5 Å². The largest absolute Gasteiger partial charge is 0.383 e. The summed E-state index contributed by atoms with van der Waals surface area (Å²) >= 11 is 0. The molecule has 0 amide bonds. The molecular formula is C27H29F3N6O2S. The SMILES string of the molecule is CC(C)n1nc(-c2cc(F)c(NS(=O)(=O)c3cccc(F)c3)cc2F)c2c(N)ncc([C@H]3CC[C@H](N)CC3)c21. The minimum Gasteiger partial charge on any atom is -0.383 e. The van der Waals surface area contributed by atoms with Crippen LogP contribution in [0.1, 0.15) is 57.1 Å². The molecule has 8 nitrogen and oxygen atoms in total. The van der Waals surface area contributed by atoms with Crippen molar-refractivity contribution in [2.24, 2.45) is 5.73 Å². The van der Waals surface area contributed by atoms with Crippen LogP contribution in [0.5, 0.6) is 0 Å². The number of nitrogens with zero attached hydrogens (tertiary/aromatic N) is 3. The van der Waals surface area contributed by atoms with E-state index in [0.717, 1.165) is 61.6 Å². The van der Waals surface area contributed by atoms with E-state index in [9.17, 15) is 12.8 Å². The Morgan fingerprint density at radius 3 is 2.44 bits per heavy atom. The summed E-state index contributed by atoms with van der Waals surface area (Å²) in [5, 5.41) is 5.04. The van der Waals surface area contributed by atoms with Gasteiger partial charge in [-0.2, -0.15) is 5.10 Å². The van der Waals surface area contributed by atoms with E-state index in [1.807, 2.05) is 18.6 Å². The first-order valence-electron chi connectivity index (χ1n) is 12.7. The van der Waals surface area contributed by atoms with Crippen molar-refractivity contribution >= 4 is 32.4 Å². The Morgan fingerprint density at radius 1 is 1.05 bits per heavy atom. The number of benzene rings is 2. The van der Waals surface area contributed by atoms with Crippen LogP contribution in [-0.4, -0.2) is 29.2 Å². The number of anilines is 2. The van der Waals surface area contributed by atoms with Gasteiger partial charge in [0.15, 0.2) is 0 Å². The Hall–Kier alpha value is -3.64. The van der Waals surface area contributed by atoms with Crippen LogP contribution < -0.4 is 16.2 Å². The van der Waals surface area contributed by atoms with Gasteiger partial charge in [-0.15, -0.1) is 0 Å². The number of nitrogens with two attached hydrogens (primary N) is 2. The van der Waals surface area contributed by atoms with Crippen LogP contribution in [0, 0.1) is 17.5 Å². The molecule has 1 aliphatic carbocycles. The molecule has 0 radical (unpaired) electrons. The minimum absolute atomic E-state index is 0.106. The predicted octanol–water partition coefficient (Wildman–Crippen LogP) is 5.46. The highest BCUT2D eigenvalue weighted by molar-refractivity contribution is 7.92. The first kappa shape index (κ1) is 26.9. The topological polar surface area (TPSA) is 129 Å². The van der Waals surface area contributed by atoms with Crippen molar-refractivity contribution < 1.29 is 21.6 Å². The van der Waals surface area contributed by atoms with Crippen LogP contribution in [0.15, 0.2) is 47.5 Å². The lowest BCUT2D eigenvalue weighted by molar-refractivity contribution is 0.395. The molecule has 1 saturated carbocycles. The summed E-state index contributed by atoms with van der Waals surface area (Å²) in [7, 11) is -4.38. The van der Waals surface area contributed by atoms with E-state index in [0.29, 0.717) is 10.9 Å². The van der Waals surface area contributed by atoms with Gasteiger partial charge in [0.2, 0.25) is 0 Å². The summed E-state index contributed by atoms with van der Waals surface area (Å²) < 4.78 is 73.4. The molecule has 5 N–H and O–H groups in total. The van der Waals surface area contributed by atoms with Gasteiger partial charge in [0, 0.05) is 29.9 Å². The van der Waals surface area contributed by atoms with E-state index in [4.69, 9.17) is 11.5 Å². The molecule has 2 aromatic carbocycles. The molecule has 0 atom stereocenters. The normalized spacial score (nSPS) is 18.1. The van der Waals surface area contributed by atoms with Crippen molar-refractivity contribution in [1.29, 1.82) is 0 Å². The van der Waals surface area contributed by atoms with E-state index in [1.54, 1.807) is 10.9 Å². The fourth-order valence-corrected chi connectivity index (χ4v) is 6.24. The number of nitrogens with one attached hydrogen (secondary N) is 1. The van der Waals surface area contributed by atoms with E-state index >= 15 is 8.78 Å². The Kier molecular flexibility index (Phi) is 7.02. The lowest BCUT2D eigenvalue weighted by Gasteiger charge is -2.27. The van der Waals surface area contributed by atoms with E-state index < -0.39 is 38.1 Å². The zero-order chi connectivity index (χ0) is 28.1. The number of rotatable bonds is 6. The van der Waals surface area contributed by atoms with Crippen molar-refractivity contribution in [1.82, 2.24) is 14.8 Å². The Labute approximate surface area is 224 Å². The molecule has 0 unspecified atom stereocenters. The Bertz CT molecular complexity index is 1660. The van der Waals surface area contributed by atoms with Crippen molar-refractivity contribution in [2.45, 2.75) is 62.4 Å². The second kappa shape index (κ2) is 10.2. The van der Waals surface area contributed by atoms with E-state index in [1.165, 1.54) is 6.07 Å². The summed E-state index contributed by atoms with van der Waals surface area (Å²) in [4.78, 5) is 3.95. The smallest absolute Gasteiger partial charge is 0.262 e. The number of sulfonamides is 1. The molecule has 1 aliphatic rings. The first-order valence-corrected chi connectivity index (χ1v) is 14.1. The average molecular weight is 559 g/mol. The van der Waals surface area contributed by atoms with Crippen LogP contribution in [0.3, 0.4) is 0 Å². The molecule has 0 spiro atoms. The summed E-state index contributed by atoms with van der Waals surface area (Å²) in [6.45, 7) is 3.85. The third kappa shape index (κ3) is 5.06. The van der Waals surface area contributed by atoms with E-state index in [-0.39, 0.29) is 35.1 Å². The van der Waals surface area contributed by atoms with Crippen molar-refractivity contribution in [3.05, 3.63) is 65.6 Å². The summed E-state index contributed by atoms with van der Waals surface area (Å²) in [5.41, 5.74) is 13.3. The highest BCUT2D eigenvalue weighted by atomic mass is 32.2. The minimum atomic E-state index is -4.38. The highest BCUT2D eigenvalue weighted by Gasteiger charge is 2.29. The average Bonchev–Trinajstić information content (AvgIpc) is 3.28. The van der Waals surface area contributed by atoms with Gasteiger partial charge in [0.1, 0.15) is 29.0 Å². The number of hydrogen-bond acceptors (Lipinski definition) is 6. The van der Waals surface area contributed by atoms with Crippen molar-refractivity contribution in [2.75, 3.05) is 10.5 Å². The van der Waals surface area contributed by atoms with Gasteiger partial charge in [-0.25, -0.2) is 26.6 Å². The number of halogens is 3. The second-order valence-electron chi connectivity index (χ2n) is 10.2. The lowest BCUT2D eigenvalue weighted by Crippen LogP contribution is -2.26. The summed E-state index contributed by atoms with van der Waals surface area (Å²) in [6.07, 6.45) is 5.19. The fourth-order valence-electron chi connectivity index (χ4n) is 5.15. The number of aromatic nitrogens is 3. The molecule has 4 aromatic rings. The molecule has 0 bridgehead atoms. The maximum absolute atomic E-state index is 15.5. The van der Waals surface area contributed by atoms with Crippen LogP contribution in [0.25, 0.3) is 22.2 Å². The summed E-state index contributed by atoms with van der Waals surface area (Å²) in [6, 6.07) is 5.83. The van der Waals surface area contributed by atoms with Gasteiger partial charge in [-0.05, 0) is 75.3 Å². The molecule has 39 heavy (non-hydrogen) atoms. The second-order valence-corrected chi connectivity index (χ2v) is 11.9. The number of pyridine rings is 1. The third-order valence-corrected chi connectivity index (χ3v) is 8.51. The molecule has 1 fully saturated rings. The monoisotopic (exact) mass is 558 g/mol.